The quantitative estimate of drug-likeness (QED) is 0.850. The van der Waals surface area contributed by atoms with E-state index in [4.69, 9.17) is 0 Å². The maximum atomic E-state index is 4.48. The topological polar surface area (TPSA) is 71.4 Å². The summed E-state index contributed by atoms with van der Waals surface area (Å²) in [4.78, 5) is 4.15. The molecule has 2 aromatic heterocycles. The van der Waals surface area contributed by atoms with Crippen molar-refractivity contribution in [2.45, 2.75) is 42.5 Å². The average Bonchev–Trinajstić information content (AvgIpc) is 2.95. The summed E-state index contributed by atoms with van der Waals surface area (Å²) in [6.45, 7) is 2.93. The molecule has 96 valence electrons. The van der Waals surface area contributed by atoms with Gasteiger partial charge in [0.05, 0.1) is 5.69 Å². The van der Waals surface area contributed by atoms with Gasteiger partial charge in [-0.3, -0.25) is 9.78 Å². The molecule has 2 heterocycles. The van der Waals surface area contributed by atoms with Gasteiger partial charge in [0.2, 0.25) is 0 Å². The summed E-state index contributed by atoms with van der Waals surface area (Å²) in [6.07, 6.45) is 4.11. The molecule has 6 nitrogen and oxygen atoms in total. The minimum Gasteiger partial charge on any atom is -0.310 e. The molecule has 7 heteroatoms. The van der Waals surface area contributed by atoms with Crippen LogP contribution in [0.25, 0.3) is 0 Å². The molecule has 1 aliphatic rings. The van der Waals surface area contributed by atoms with Gasteiger partial charge >= 0.3 is 0 Å². The average molecular weight is 264 g/mol. The van der Waals surface area contributed by atoms with Gasteiger partial charge in [0.1, 0.15) is 11.4 Å². The van der Waals surface area contributed by atoms with Crippen LogP contribution in [-0.4, -0.2) is 31.0 Å². The first kappa shape index (κ1) is 11.7. The Hall–Kier alpha value is -1.34. The fourth-order valence-electron chi connectivity index (χ4n) is 1.88. The number of hydrogen-bond acceptors (Lipinski definition) is 5. The third-order valence-corrected chi connectivity index (χ3v) is 4.11. The number of rotatable bonds is 5. The highest BCUT2D eigenvalue weighted by molar-refractivity contribution is 7.99. The number of aryl methyl sites for hydroxylation is 2. The van der Waals surface area contributed by atoms with Crippen LogP contribution in [0.1, 0.15) is 24.1 Å². The first-order chi connectivity index (χ1) is 8.74. The van der Waals surface area contributed by atoms with Gasteiger partial charge < -0.3 is 5.32 Å². The first-order valence-electron chi connectivity index (χ1n) is 6.03. The van der Waals surface area contributed by atoms with Gasteiger partial charge in [-0.15, -0.1) is 0 Å². The van der Waals surface area contributed by atoms with E-state index in [1.54, 1.807) is 11.8 Å². The normalized spacial score (nSPS) is 15.2. The van der Waals surface area contributed by atoms with Crippen molar-refractivity contribution in [3.8, 4) is 0 Å². The monoisotopic (exact) mass is 264 g/mol. The van der Waals surface area contributed by atoms with Crippen LogP contribution >= 0.6 is 11.8 Å². The van der Waals surface area contributed by atoms with E-state index in [1.807, 2.05) is 18.7 Å². The zero-order valence-electron chi connectivity index (χ0n) is 10.5. The molecule has 0 unspecified atom stereocenters. The van der Waals surface area contributed by atoms with Crippen LogP contribution in [-0.2, 0) is 13.6 Å². The highest BCUT2D eigenvalue weighted by Gasteiger charge is 2.22. The largest absolute Gasteiger partial charge is 0.310 e. The van der Waals surface area contributed by atoms with Gasteiger partial charge in [0, 0.05) is 25.2 Å². The SMILES string of the molecule is Cc1nn(C)c(Sc2ncn[nH]2)c1CNC1CC1. The Balaban J connectivity index is 1.81. The second-order valence-corrected chi connectivity index (χ2v) is 5.52. The van der Waals surface area contributed by atoms with Crippen molar-refractivity contribution in [1.82, 2.24) is 30.3 Å². The van der Waals surface area contributed by atoms with Gasteiger partial charge in [-0.05, 0) is 31.5 Å². The first-order valence-corrected chi connectivity index (χ1v) is 6.85. The van der Waals surface area contributed by atoms with Crippen molar-refractivity contribution in [1.29, 1.82) is 0 Å². The number of nitrogens with zero attached hydrogens (tertiary/aromatic N) is 4. The van der Waals surface area contributed by atoms with Gasteiger partial charge in [0.25, 0.3) is 0 Å². The molecule has 18 heavy (non-hydrogen) atoms. The lowest BCUT2D eigenvalue weighted by molar-refractivity contribution is 0.657. The Labute approximate surface area is 110 Å². The van der Waals surface area contributed by atoms with Crippen LogP contribution in [0.5, 0.6) is 0 Å². The molecule has 1 fully saturated rings. The summed E-state index contributed by atoms with van der Waals surface area (Å²) in [6, 6.07) is 0.702. The molecule has 2 aromatic rings. The summed E-state index contributed by atoms with van der Waals surface area (Å²) in [5.41, 5.74) is 2.33. The van der Waals surface area contributed by atoms with Crippen LogP contribution in [0, 0.1) is 6.92 Å². The van der Waals surface area contributed by atoms with Crippen LogP contribution in [0.15, 0.2) is 16.5 Å². The Morgan fingerprint density at radius 2 is 2.39 bits per heavy atom. The Kier molecular flexibility index (Phi) is 3.09. The molecule has 2 N–H and O–H groups in total. The minimum absolute atomic E-state index is 0.702. The van der Waals surface area contributed by atoms with Crippen molar-refractivity contribution in [3.63, 3.8) is 0 Å². The van der Waals surface area contributed by atoms with E-state index in [0.717, 1.165) is 22.4 Å². The summed E-state index contributed by atoms with van der Waals surface area (Å²) in [5, 5.41) is 16.7. The van der Waals surface area contributed by atoms with E-state index >= 15 is 0 Å². The van der Waals surface area contributed by atoms with Gasteiger partial charge in [-0.2, -0.15) is 10.2 Å². The zero-order valence-corrected chi connectivity index (χ0v) is 11.3. The number of aromatic amines is 1. The summed E-state index contributed by atoms with van der Waals surface area (Å²) >= 11 is 1.57. The lowest BCUT2D eigenvalue weighted by atomic mass is 10.2. The molecule has 1 saturated carbocycles. The lowest BCUT2D eigenvalue weighted by Crippen LogP contribution is -2.16. The van der Waals surface area contributed by atoms with Crippen LogP contribution in [0.3, 0.4) is 0 Å². The van der Waals surface area contributed by atoms with E-state index in [9.17, 15) is 0 Å². The smallest absolute Gasteiger partial charge is 0.189 e. The highest BCUT2D eigenvalue weighted by Crippen LogP contribution is 2.30. The highest BCUT2D eigenvalue weighted by atomic mass is 32.2. The Morgan fingerprint density at radius 1 is 1.56 bits per heavy atom. The number of H-pyrrole nitrogens is 1. The molecule has 0 atom stereocenters. The molecular weight excluding hydrogens is 248 g/mol. The van der Waals surface area contributed by atoms with Crippen LogP contribution < -0.4 is 5.32 Å². The molecular formula is C11H16N6S. The molecule has 0 aliphatic heterocycles. The maximum absolute atomic E-state index is 4.48. The molecule has 0 saturated heterocycles. The Bertz CT molecular complexity index is 528. The number of aromatic nitrogens is 5. The number of nitrogens with one attached hydrogen (secondary N) is 2. The molecule has 0 aromatic carbocycles. The van der Waals surface area contributed by atoms with Gasteiger partial charge in [-0.1, -0.05) is 0 Å². The maximum Gasteiger partial charge on any atom is 0.189 e. The van der Waals surface area contributed by atoms with E-state index in [1.165, 1.54) is 24.7 Å². The van der Waals surface area contributed by atoms with E-state index in [-0.39, 0.29) is 0 Å². The molecule has 0 amide bonds. The number of hydrogen-bond donors (Lipinski definition) is 2. The van der Waals surface area contributed by atoms with Crippen LogP contribution in [0.4, 0.5) is 0 Å². The zero-order chi connectivity index (χ0) is 12.5. The fraction of sp³-hybridized carbons (Fsp3) is 0.545. The van der Waals surface area contributed by atoms with Crippen molar-refractivity contribution in [2.75, 3.05) is 0 Å². The molecule has 0 radical (unpaired) electrons. The molecule has 3 rings (SSSR count). The fourth-order valence-corrected chi connectivity index (χ4v) is 2.78. The second-order valence-electron chi connectivity index (χ2n) is 4.54. The second kappa shape index (κ2) is 4.74. The van der Waals surface area contributed by atoms with E-state index < -0.39 is 0 Å². The third-order valence-electron chi connectivity index (χ3n) is 3.02. The molecule has 0 bridgehead atoms. The predicted molar refractivity (Wildman–Crippen MR) is 68.3 cm³/mol. The molecule has 1 aliphatic carbocycles. The van der Waals surface area contributed by atoms with Gasteiger partial charge in [0.15, 0.2) is 5.16 Å². The Morgan fingerprint density at radius 3 is 3.06 bits per heavy atom. The summed E-state index contributed by atoms with van der Waals surface area (Å²) in [5.74, 6) is 0. The third kappa shape index (κ3) is 2.41. The van der Waals surface area contributed by atoms with Crippen molar-refractivity contribution < 1.29 is 0 Å². The van der Waals surface area contributed by atoms with Crippen LogP contribution in [0.2, 0.25) is 0 Å². The summed E-state index contributed by atoms with van der Waals surface area (Å²) in [7, 11) is 1.96. The van der Waals surface area contributed by atoms with E-state index in [0.29, 0.717) is 6.04 Å². The summed E-state index contributed by atoms with van der Waals surface area (Å²) < 4.78 is 1.91. The molecule has 0 spiro atoms. The van der Waals surface area contributed by atoms with Crippen molar-refractivity contribution in [2.24, 2.45) is 7.05 Å². The van der Waals surface area contributed by atoms with Crippen molar-refractivity contribution >= 4 is 11.8 Å². The lowest BCUT2D eigenvalue weighted by Gasteiger charge is -2.05. The predicted octanol–water partition coefficient (Wildman–Crippen LogP) is 1.25. The minimum atomic E-state index is 0.702. The van der Waals surface area contributed by atoms with Crippen molar-refractivity contribution in [3.05, 3.63) is 17.6 Å². The van der Waals surface area contributed by atoms with Gasteiger partial charge in [-0.25, -0.2) is 4.98 Å². The standard InChI is InChI=1S/C11H16N6S/c1-7-9(5-12-8-3-4-8)10(17(2)16-7)18-11-13-6-14-15-11/h6,8,12H,3-5H2,1-2H3,(H,13,14,15). The van der Waals surface area contributed by atoms with E-state index in [2.05, 4.69) is 25.6 Å².